The van der Waals surface area contributed by atoms with Gasteiger partial charge < -0.3 is 9.84 Å². The van der Waals surface area contributed by atoms with E-state index in [2.05, 4.69) is 4.74 Å². The normalized spacial score (nSPS) is 14.2. The predicted octanol–water partition coefficient (Wildman–Crippen LogP) is 3.81. The van der Waals surface area contributed by atoms with Crippen LogP contribution in [0, 0.1) is 17.5 Å². The molecule has 0 aliphatic carbocycles. The lowest BCUT2D eigenvalue weighted by atomic mass is 10.3. The number of alkyl halides is 8. The Morgan fingerprint density at radius 2 is 1.31 bits per heavy atom. The van der Waals surface area contributed by atoms with Crippen LogP contribution >= 0.6 is 0 Å². The van der Waals surface area contributed by atoms with Crippen LogP contribution in [0.4, 0.5) is 52.8 Å². The van der Waals surface area contributed by atoms with Crippen LogP contribution < -0.4 is 4.74 Å². The van der Waals surface area contributed by atoms with Gasteiger partial charge in [-0.15, -0.1) is 0 Å². The van der Waals surface area contributed by atoms with Gasteiger partial charge in [0, 0.05) is 6.07 Å². The third-order valence-corrected chi connectivity index (χ3v) is 3.70. The van der Waals surface area contributed by atoms with E-state index in [0.29, 0.717) is 0 Å². The molecule has 0 atom stereocenters. The van der Waals surface area contributed by atoms with Gasteiger partial charge in [0.1, 0.15) is 0 Å². The van der Waals surface area contributed by atoms with Crippen LogP contribution in [-0.2, 0) is 19.2 Å². The highest BCUT2D eigenvalue weighted by atomic mass is 32.2. The molecule has 0 aromatic heterocycles. The molecule has 0 bridgehead atoms. The predicted molar refractivity (Wildman–Crippen MR) is 60.6 cm³/mol. The molecule has 1 rings (SSSR count). The van der Waals surface area contributed by atoms with E-state index in [1.54, 1.807) is 4.74 Å². The van der Waals surface area contributed by atoms with Gasteiger partial charge in [-0.3, -0.25) is 0 Å². The molecule has 0 saturated carbocycles. The van der Waals surface area contributed by atoms with Crippen LogP contribution in [0.15, 0.2) is 6.07 Å². The van der Waals surface area contributed by atoms with Gasteiger partial charge in [-0.1, -0.05) is 4.39 Å². The Labute approximate surface area is 150 Å². The summed E-state index contributed by atoms with van der Waals surface area (Å²) in [7, 11) is -7.34. The molecule has 0 aliphatic rings. The van der Waals surface area contributed by atoms with Gasteiger partial charge >= 0.3 is 33.7 Å². The minimum absolute atomic E-state index is 0.675. The zero-order chi connectivity index (χ0) is 23.2. The number of hydrogen-bond donors (Lipinski definition) is 1. The van der Waals surface area contributed by atoms with E-state index in [4.69, 9.17) is 5.11 Å². The van der Waals surface area contributed by atoms with Crippen molar-refractivity contribution < 1.29 is 80.2 Å². The Morgan fingerprint density at radius 3 is 1.76 bits per heavy atom. The minimum atomic E-state index is -7.34. The van der Waals surface area contributed by atoms with Gasteiger partial charge in [0.25, 0.3) is 0 Å². The summed E-state index contributed by atoms with van der Waals surface area (Å²) in [5, 5.41) is 1.61. The first kappa shape index (κ1) is 24.9. The van der Waals surface area contributed by atoms with Crippen molar-refractivity contribution in [3.05, 3.63) is 23.5 Å². The van der Waals surface area contributed by atoms with Gasteiger partial charge in [0.15, 0.2) is 17.3 Å². The maximum absolute atomic E-state index is 13.3. The quantitative estimate of drug-likeness (QED) is 0.452. The van der Waals surface area contributed by atoms with Crippen LogP contribution in [0.25, 0.3) is 0 Å². The Bertz CT molecular complexity index is 886. The average molecular weight is 478 g/mol. The Kier molecular flexibility index (Phi) is 6.24. The van der Waals surface area contributed by atoms with E-state index in [1.165, 1.54) is 4.39 Å². The summed E-state index contributed by atoms with van der Waals surface area (Å²) in [5.41, 5.74) is 0. The molecular formula is C10H2F12O6S. The number of hydrogen-bond acceptors (Lipinski definition) is 6. The lowest BCUT2D eigenvalue weighted by molar-refractivity contribution is -0.484. The molecule has 0 unspecified atom stereocenters. The highest BCUT2D eigenvalue weighted by molar-refractivity contribution is 7.87. The molecule has 1 aromatic rings. The third kappa shape index (κ3) is 4.25. The van der Waals surface area contributed by atoms with Crippen molar-refractivity contribution >= 4 is 10.1 Å². The second kappa shape index (κ2) is 7.27. The van der Waals surface area contributed by atoms with Crippen LogP contribution in [0.1, 0.15) is 0 Å². The van der Waals surface area contributed by atoms with Gasteiger partial charge in [-0.25, -0.2) is 9.13 Å². The average Bonchev–Trinajstić information content (AvgIpc) is 2.56. The largest absolute Gasteiger partial charge is 0.503 e. The van der Waals surface area contributed by atoms with Crippen molar-refractivity contribution in [3.63, 3.8) is 0 Å². The van der Waals surface area contributed by atoms with Gasteiger partial charge in [0.05, 0.1) is 0 Å². The minimum Gasteiger partial charge on any atom is -0.503 e. The van der Waals surface area contributed by atoms with Crippen molar-refractivity contribution in [1.29, 1.82) is 0 Å². The number of halogens is 12. The zero-order valence-corrected chi connectivity index (χ0v) is 13.3. The first-order valence-electron chi connectivity index (χ1n) is 6.05. The first-order valence-corrected chi connectivity index (χ1v) is 7.46. The van der Waals surface area contributed by atoms with E-state index >= 15 is 0 Å². The molecular weight excluding hydrogens is 476 g/mol. The molecule has 29 heavy (non-hydrogen) atoms. The fourth-order valence-corrected chi connectivity index (χ4v) is 1.71. The molecule has 0 fully saturated rings. The first-order chi connectivity index (χ1) is 12.7. The molecule has 0 radical (unpaired) electrons. The summed E-state index contributed by atoms with van der Waals surface area (Å²) < 4.78 is 182. The standard InChI is InChI=1S/C10H2F12O6S/c11-2-1-3(4(12)5(13)6(2)23)26-7(14,15)8(16,17)27-9(18,19)10(20,21)29(24,25)28-22/h1,23H. The molecule has 0 saturated heterocycles. The van der Waals surface area contributed by atoms with Crippen LogP contribution in [0.3, 0.4) is 0 Å². The highest BCUT2D eigenvalue weighted by Crippen LogP contribution is 2.48. The van der Waals surface area contributed by atoms with E-state index < -0.39 is 68.7 Å². The van der Waals surface area contributed by atoms with Crippen molar-refractivity contribution in [2.24, 2.45) is 0 Å². The van der Waals surface area contributed by atoms with Crippen molar-refractivity contribution in [3.8, 4) is 11.5 Å². The molecule has 1 aromatic carbocycles. The maximum atomic E-state index is 13.3. The SMILES string of the molecule is O=S(=O)(OF)C(F)(F)C(F)(F)OC(F)(F)C(F)(F)Oc1cc(F)c(O)c(F)c1F. The van der Waals surface area contributed by atoms with E-state index in [1.807, 2.05) is 0 Å². The summed E-state index contributed by atoms with van der Waals surface area (Å²) in [6.07, 6.45) is -20.7. The topological polar surface area (TPSA) is 82.1 Å². The van der Waals surface area contributed by atoms with Crippen LogP contribution in [-0.4, -0.2) is 37.1 Å². The van der Waals surface area contributed by atoms with Gasteiger partial charge in [0.2, 0.25) is 11.6 Å². The summed E-state index contributed by atoms with van der Waals surface area (Å²) >= 11 is 0. The molecule has 6 nitrogen and oxygen atoms in total. The Morgan fingerprint density at radius 1 is 0.828 bits per heavy atom. The number of phenolic OH excluding ortho intramolecular Hbond substituents is 1. The Balaban J connectivity index is 3.31. The summed E-state index contributed by atoms with van der Waals surface area (Å²) in [6.45, 7) is 0. The van der Waals surface area contributed by atoms with E-state index in [9.17, 15) is 61.2 Å². The van der Waals surface area contributed by atoms with Crippen LogP contribution in [0.2, 0.25) is 0 Å². The maximum Gasteiger partial charge on any atom is 0.494 e. The van der Waals surface area contributed by atoms with Gasteiger partial charge in [-0.05, 0) is 4.53 Å². The lowest BCUT2D eigenvalue weighted by Gasteiger charge is -2.31. The smallest absolute Gasteiger partial charge is 0.494 e. The van der Waals surface area contributed by atoms with Crippen molar-refractivity contribution in [2.75, 3.05) is 0 Å². The van der Waals surface area contributed by atoms with E-state index in [-0.39, 0.29) is 0 Å². The Hall–Kier alpha value is -2.15. The molecule has 0 heterocycles. The monoisotopic (exact) mass is 478 g/mol. The third-order valence-electron chi connectivity index (χ3n) is 2.67. The van der Waals surface area contributed by atoms with Crippen molar-refractivity contribution in [2.45, 2.75) is 23.6 Å². The van der Waals surface area contributed by atoms with Crippen molar-refractivity contribution in [1.82, 2.24) is 0 Å². The molecule has 0 spiro atoms. The number of benzene rings is 1. The number of aromatic hydroxyl groups is 1. The fourth-order valence-electron chi connectivity index (χ4n) is 1.30. The summed E-state index contributed by atoms with van der Waals surface area (Å²) in [4.78, 5) is 0. The molecule has 0 aliphatic heterocycles. The van der Waals surface area contributed by atoms with Gasteiger partial charge in [-0.2, -0.15) is 52.3 Å². The second-order valence-electron chi connectivity index (χ2n) is 4.62. The highest BCUT2D eigenvalue weighted by Gasteiger charge is 2.76. The fraction of sp³-hybridized carbons (Fsp3) is 0.400. The molecule has 1 N–H and O–H groups in total. The summed E-state index contributed by atoms with van der Waals surface area (Å²) in [5.74, 6) is -12.3. The molecule has 168 valence electrons. The number of rotatable bonds is 8. The molecule has 0 amide bonds. The second-order valence-corrected chi connectivity index (χ2v) is 6.17. The van der Waals surface area contributed by atoms with Crippen LogP contribution in [0.5, 0.6) is 11.5 Å². The van der Waals surface area contributed by atoms with E-state index in [0.717, 1.165) is 0 Å². The lowest BCUT2D eigenvalue weighted by Crippen LogP contribution is -2.57. The zero-order valence-electron chi connectivity index (χ0n) is 12.5. The number of ether oxygens (including phenoxy) is 2. The summed E-state index contributed by atoms with van der Waals surface area (Å²) in [6, 6.07) is -0.675. The number of phenols is 1. The molecule has 19 heteroatoms.